The summed E-state index contributed by atoms with van der Waals surface area (Å²) in [5.41, 5.74) is 7.37. The highest BCUT2D eigenvalue weighted by molar-refractivity contribution is 5.91. The van der Waals surface area contributed by atoms with Crippen molar-refractivity contribution >= 4 is 16.7 Å². The quantitative estimate of drug-likeness (QED) is 0.318. The van der Waals surface area contributed by atoms with Crippen LogP contribution in [0.5, 0.6) is 0 Å². The van der Waals surface area contributed by atoms with E-state index in [9.17, 15) is 9.90 Å². The van der Waals surface area contributed by atoms with Gasteiger partial charge in [-0.25, -0.2) is 4.79 Å². The lowest BCUT2D eigenvalue weighted by Crippen LogP contribution is -2.31. The number of fused-ring (bicyclic) bond motifs is 2. The lowest BCUT2D eigenvalue weighted by atomic mass is 9.72. The Morgan fingerprint density at radius 2 is 1.69 bits per heavy atom. The van der Waals surface area contributed by atoms with Crippen molar-refractivity contribution in [1.82, 2.24) is 5.32 Å². The second kappa shape index (κ2) is 9.67. The molecule has 3 heteroatoms. The molecule has 0 fully saturated rings. The zero-order valence-corrected chi connectivity index (χ0v) is 20.7. The number of aromatic carboxylic acids is 1. The van der Waals surface area contributed by atoms with Gasteiger partial charge in [-0.1, -0.05) is 78.9 Å². The first kappa shape index (κ1) is 23.3. The fourth-order valence-electron chi connectivity index (χ4n) is 6.02. The van der Waals surface area contributed by atoms with Gasteiger partial charge < -0.3 is 10.4 Å². The van der Waals surface area contributed by atoms with Gasteiger partial charge in [-0.05, 0) is 90.2 Å². The van der Waals surface area contributed by atoms with Crippen LogP contribution < -0.4 is 5.32 Å². The summed E-state index contributed by atoms with van der Waals surface area (Å²) in [7, 11) is 0. The number of nitrogens with one attached hydrogen (secondary N) is 1. The molecule has 2 unspecified atom stereocenters. The van der Waals surface area contributed by atoms with E-state index in [1.807, 2.05) is 19.9 Å². The molecular weight excluding hydrogens is 430 g/mol. The smallest absolute Gasteiger partial charge is 0.336 e. The number of benzene rings is 4. The number of hydrogen-bond acceptors (Lipinski definition) is 2. The van der Waals surface area contributed by atoms with Crippen LogP contribution in [0, 0.1) is 19.8 Å². The molecule has 5 rings (SSSR count). The van der Waals surface area contributed by atoms with Gasteiger partial charge in [0.1, 0.15) is 0 Å². The van der Waals surface area contributed by atoms with Crippen molar-refractivity contribution in [1.29, 1.82) is 0 Å². The number of carbonyl (C=O) groups is 1. The maximum atomic E-state index is 12.0. The predicted molar refractivity (Wildman–Crippen MR) is 143 cm³/mol. The van der Waals surface area contributed by atoms with E-state index in [4.69, 9.17) is 0 Å². The number of rotatable bonds is 6. The van der Waals surface area contributed by atoms with Crippen LogP contribution in [0.4, 0.5) is 0 Å². The van der Waals surface area contributed by atoms with E-state index >= 15 is 0 Å². The van der Waals surface area contributed by atoms with Crippen molar-refractivity contribution in [2.75, 3.05) is 6.54 Å². The molecule has 0 spiro atoms. The molecule has 0 aliphatic heterocycles. The first-order valence-electron chi connectivity index (χ1n) is 12.6. The summed E-state index contributed by atoms with van der Waals surface area (Å²) in [6, 6.07) is 28.2. The van der Waals surface area contributed by atoms with Crippen LogP contribution in [0.2, 0.25) is 0 Å². The van der Waals surface area contributed by atoms with Crippen LogP contribution in [-0.2, 0) is 6.42 Å². The van der Waals surface area contributed by atoms with Gasteiger partial charge in [0, 0.05) is 12.0 Å². The Kier molecular flexibility index (Phi) is 6.44. The Morgan fingerprint density at radius 3 is 2.51 bits per heavy atom. The molecule has 0 amide bonds. The number of carboxylic acids is 1. The van der Waals surface area contributed by atoms with Gasteiger partial charge in [0.15, 0.2) is 0 Å². The van der Waals surface area contributed by atoms with E-state index < -0.39 is 5.97 Å². The van der Waals surface area contributed by atoms with Crippen molar-refractivity contribution in [3.63, 3.8) is 0 Å². The Morgan fingerprint density at radius 1 is 0.943 bits per heavy atom. The fourth-order valence-corrected chi connectivity index (χ4v) is 6.02. The predicted octanol–water partition coefficient (Wildman–Crippen LogP) is 7.20. The first-order valence-corrected chi connectivity index (χ1v) is 12.6. The molecule has 0 aromatic heterocycles. The lowest BCUT2D eigenvalue weighted by molar-refractivity contribution is 0.0695. The van der Waals surface area contributed by atoms with Gasteiger partial charge in [-0.2, -0.15) is 0 Å². The molecule has 4 aromatic carbocycles. The van der Waals surface area contributed by atoms with Gasteiger partial charge in [-0.3, -0.25) is 0 Å². The topological polar surface area (TPSA) is 49.3 Å². The molecule has 0 heterocycles. The Balaban J connectivity index is 1.42. The van der Waals surface area contributed by atoms with Gasteiger partial charge in [-0.15, -0.1) is 0 Å². The normalized spacial score (nSPS) is 18.3. The molecule has 0 saturated carbocycles. The molecule has 1 aliphatic carbocycles. The summed E-state index contributed by atoms with van der Waals surface area (Å²) in [5.74, 6) is -0.160. The van der Waals surface area contributed by atoms with Crippen molar-refractivity contribution in [2.24, 2.45) is 5.92 Å². The third kappa shape index (κ3) is 4.49. The SMILES string of the molecule is Cc1ccc(C2CC(CN[C@H](C)c3cccc4ccccc34)Cc3ccccc32)c(C)c1C(=O)O. The minimum absolute atomic E-state index is 0.207. The molecule has 35 heavy (non-hydrogen) atoms. The molecule has 2 N–H and O–H groups in total. The van der Waals surface area contributed by atoms with Crippen LogP contribution in [-0.4, -0.2) is 17.6 Å². The monoisotopic (exact) mass is 463 g/mol. The zero-order valence-electron chi connectivity index (χ0n) is 20.7. The van der Waals surface area contributed by atoms with Crippen LogP contribution in [0.3, 0.4) is 0 Å². The second-order valence-corrected chi connectivity index (χ2v) is 10.0. The summed E-state index contributed by atoms with van der Waals surface area (Å²) >= 11 is 0. The van der Waals surface area contributed by atoms with Crippen molar-refractivity contribution in [2.45, 2.75) is 45.6 Å². The Hall–Kier alpha value is -3.43. The zero-order chi connectivity index (χ0) is 24.5. The average molecular weight is 464 g/mol. The highest BCUT2D eigenvalue weighted by atomic mass is 16.4. The minimum Gasteiger partial charge on any atom is -0.478 e. The van der Waals surface area contributed by atoms with Crippen LogP contribution in [0.15, 0.2) is 78.9 Å². The van der Waals surface area contributed by atoms with Crippen LogP contribution in [0.25, 0.3) is 10.8 Å². The molecule has 3 nitrogen and oxygen atoms in total. The van der Waals surface area contributed by atoms with E-state index in [1.54, 1.807) is 0 Å². The maximum absolute atomic E-state index is 12.0. The summed E-state index contributed by atoms with van der Waals surface area (Å²) < 4.78 is 0. The van der Waals surface area contributed by atoms with Gasteiger partial charge in [0.2, 0.25) is 0 Å². The van der Waals surface area contributed by atoms with Crippen molar-refractivity contribution < 1.29 is 9.90 Å². The summed E-state index contributed by atoms with van der Waals surface area (Å²) in [6.07, 6.45) is 2.05. The summed E-state index contributed by atoms with van der Waals surface area (Å²) in [4.78, 5) is 12.0. The summed E-state index contributed by atoms with van der Waals surface area (Å²) in [6.45, 7) is 7.03. The van der Waals surface area contributed by atoms with E-state index in [-0.39, 0.29) is 12.0 Å². The fraction of sp³-hybridized carbons (Fsp3) is 0.281. The van der Waals surface area contributed by atoms with Crippen LogP contribution >= 0.6 is 0 Å². The maximum Gasteiger partial charge on any atom is 0.336 e. The highest BCUT2D eigenvalue weighted by Gasteiger charge is 2.30. The molecular formula is C32H33NO2. The highest BCUT2D eigenvalue weighted by Crippen LogP contribution is 2.41. The summed E-state index contributed by atoms with van der Waals surface area (Å²) in [5, 5.41) is 16.2. The lowest BCUT2D eigenvalue weighted by Gasteiger charge is -2.34. The molecule has 3 atom stereocenters. The van der Waals surface area contributed by atoms with Crippen molar-refractivity contribution in [3.05, 3.63) is 118 Å². The van der Waals surface area contributed by atoms with E-state index in [0.717, 1.165) is 36.1 Å². The largest absolute Gasteiger partial charge is 0.478 e. The second-order valence-electron chi connectivity index (χ2n) is 10.0. The molecule has 1 aliphatic rings. The van der Waals surface area contributed by atoms with Gasteiger partial charge in [0.25, 0.3) is 0 Å². The number of carboxylic acid groups (broad SMARTS) is 1. The standard InChI is InChI=1S/C32H33NO2/c1-20-15-16-26(21(2)31(20)32(34)35)30-18-23(17-25-10-5-7-13-29(25)30)19-33-22(3)27-14-8-11-24-9-4-6-12-28(24)27/h4-16,22-23,30,33H,17-19H2,1-3H3,(H,34,35)/t22-,23?,30?/m1/s1. The van der Waals surface area contributed by atoms with Gasteiger partial charge in [0.05, 0.1) is 5.56 Å². The first-order chi connectivity index (χ1) is 16.9. The molecule has 0 radical (unpaired) electrons. The van der Waals surface area contributed by atoms with E-state index in [0.29, 0.717) is 11.5 Å². The van der Waals surface area contributed by atoms with E-state index in [1.165, 1.54) is 27.5 Å². The Bertz CT molecular complexity index is 1380. The number of aryl methyl sites for hydroxylation is 1. The number of hydrogen-bond donors (Lipinski definition) is 2. The Labute approximate surface area is 207 Å². The van der Waals surface area contributed by atoms with Crippen LogP contribution in [0.1, 0.15) is 69.0 Å². The third-order valence-corrected chi connectivity index (χ3v) is 7.82. The van der Waals surface area contributed by atoms with Gasteiger partial charge >= 0.3 is 5.97 Å². The van der Waals surface area contributed by atoms with Crippen molar-refractivity contribution in [3.8, 4) is 0 Å². The minimum atomic E-state index is -0.840. The molecule has 0 bridgehead atoms. The third-order valence-electron chi connectivity index (χ3n) is 7.82. The molecule has 178 valence electrons. The molecule has 4 aromatic rings. The van der Waals surface area contributed by atoms with E-state index in [2.05, 4.69) is 85.0 Å². The molecule has 0 saturated heterocycles. The average Bonchev–Trinajstić information content (AvgIpc) is 2.86.